The van der Waals surface area contributed by atoms with Crippen molar-refractivity contribution >= 4 is 28.7 Å². The SMILES string of the molecule is C[C@@H]1c2ccsc2CCN1C(=S)NCCc1ccccc1. The van der Waals surface area contributed by atoms with Gasteiger partial charge >= 0.3 is 0 Å². The third-order valence-corrected chi connectivity index (χ3v) is 5.45. The topological polar surface area (TPSA) is 15.3 Å². The van der Waals surface area contributed by atoms with Gasteiger partial charge in [-0.25, -0.2) is 0 Å². The highest BCUT2D eigenvalue weighted by Gasteiger charge is 2.26. The highest BCUT2D eigenvalue weighted by molar-refractivity contribution is 7.80. The van der Waals surface area contributed by atoms with E-state index in [1.807, 2.05) is 11.3 Å². The van der Waals surface area contributed by atoms with Crippen LogP contribution in [0.1, 0.15) is 29.0 Å². The van der Waals surface area contributed by atoms with Crippen LogP contribution in [0, 0.1) is 0 Å². The Kier molecular flexibility index (Phi) is 4.56. The molecular formula is C17H20N2S2. The van der Waals surface area contributed by atoms with E-state index in [2.05, 4.69) is 58.9 Å². The summed E-state index contributed by atoms with van der Waals surface area (Å²) in [5.41, 5.74) is 2.79. The molecule has 0 fully saturated rings. The smallest absolute Gasteiger partial charge is 0.169 e. The van der Waals surface area contributed by atoms with Gasteiger partial charge in [-0.3, -0.25) is 0 Å². The van der Waals surface area contributed by atoms with Gasteiger partial charge in [-0.05, 0) is 54.6 Å². The second-order valence-corrected chi connectivity index (χ2v) is 6.77. The maximum absolute atomic E-state index is 5.59. The molecule has 0 bridgehead atoms. The zero-order valence-corrected chi connectivity index (χ0v) is 13.8. The van der Waals surface area contributed by atoms with Crippen LogP contribution in [0.5, 0.6) is 0 Å². The first kappa shape index (κ1) is 14.5. The molecule has 0 saturated heterocycles. The first-order valence-electron chi connectivity index (χ1n) is 7.40. The van der Waals surface area contributed by atoms with Gasteiger partial charge in [-0.15, -0.1) is 11.3 Å². The van der Waals surface area contributed by atoms with Gasteiger partial charge in [-0.2, -0.15) is 0 Å². The Hall–Kier alpha value is -1.39. The second-order valence-electron chi connectivity index (χ2n) is 5.39. The van der Waals surface area contributed by atoms with E-state index in [9.17, 15) is 0 Å². The van der Waals surface area contributed by atoms with Gasteiger partial charge in [0.15, 0.2) is 5.11 Å². The molecule has 2 aromatic rings. The first-order chi connectivity index (χ1) is 10.3. The summed E-state index contributed by atoms with van der Waals surface area (Å²) >= 11 is 7.46. The zero-order valence-electron chi connectivity index (χ0n) is 12.2. The molecule has 4 heteroatoms. The molecule has 1 aromatic carbocycles. The minimum atomic E-state index is 0.386. The van der Waals surface area contributed by atoms with Crippen LogP contribution in [0.4, 0.5) is 0 Å². The molecule has 1 aliphatic rings. The van der Waals surface area contributed by atoms with Crippen LogP contribution < -0.4 is 5.32 Å². The summed E-state index contributed by atoms with van der Waals surface area (Å²) < 4.78 is 0. The molecule has 0 radical (unpaired) electrons. The number of hydrogen-bond donors (Lipinski definition) is 1. The summed E-state index contributed by atoms with van der Waals surface area (Å²) in [5.74, 6) is 0. The summed E-state index contributed by atoms with van der Waals surface area (Å²) in [6.45, 7) is 4.16. The standard InChI is InChI=1S/C17H20N2S2/c1-13-15-9-12-21-16(15)8-11-19(13)17(20)18-10-7-14-5-3-2-4-6-14/h2-6,9,12-13H,7-8,10-11H2,1H3,(H,18,20)/t13-/m1/s1. The molecule has 1 aliphatic heterocycles. The molecule has 21 heavy (non-hydrogen) atoms. The van der Waals surface area contributed by atoms with Gasteiger partial charge in [-0.1, -0.05) is 30.3 Å². The third-order valence-electron chi connectivity index (χ3n) is 4.07. The van der Waals surface area contributed by atoms with E-state index in [4.69, 9.17) is 12.2 Å². The fourth-order valence-corrected chi connectivity index (χ4v) is 4.16. The van der Waals surface area contributed by atoms with Crippen molar-refractivity contribution in [2.24, 2.45) is 0 Å². The fourth-order valence-electron chi connectivity index (χ4n) is 2.85. The van der Waals surface area contributed by atoms with E-state index in [0.717, 1.165) is 31.0 Å². The fraction of sp³-hybridized carbons (Fsp3) is 0.353. The number of fused-ring (bicyclic) bond motifs is 1. The van der Waals surface area contributed by atoms with Gasteiger partial charge in [0.05, 0.1) is 6.04 Å². The molecule has 1 N–H and O–H groups in total. The monoisotopic (exact) mass is 316 g/mol. The quantitative estimate of drug-likeness (QED) is 0.868. The molecule has 3 rings (SSSR count). The molecule has 0 unspecified atom stereocenters. The highest BCUT2D eigenvalue weighted by Crippen LogP contribution is 2.32. The van der Waals surface area contributed by atoms with E-state index in [0.29, 0.717) is 6.04 Å². The van der Waals surface area contributed by atoms with E-state index in [1.165, 1.54) is 16.0 Å². The molecule has 2 nitrogen and oxygen atoms in total. The summed E-state index contributed by atoms with van der Waals surface area (Å²) in [4.78, 5) is 3.83. The van der Waals surface area contributed by atoms with E-state index in [1.54, 1.807) is 0 Å². The van der Waals surface area contributed by atoms with Crippen molar-refractivity contribution in [2.75, 3.05) is 13.1 Å². The number of thiocarbonyl (C=S) groups is 1. The lowest BCUT2D eigenvalue weighted by Gasteiger charge is -2.35. The maximum Gasteiger partial charge on any atom is 0.169 e. The van der Waals surface area contributed by atoms with Crippen molar-refractivity contribution in [3.05, 3.63) is 57.8 Å². The summed E-state index contributed by atoms with van der Waals surface area (Å²) in [5, 5.41) is 6.49. The van der Waals surface area contributed by atoms with Crippen molar-refractivity contribution in [1.29, 1.82) is 0 Å². The number of rotatable bonds is 3. The molecule has 0 aliphatic carbocycles. The number of nitrogens with zero attached hydrogens (tertiary/aromatic N) is 1. The number of nitrogens with one attached hydrogen (secondary N) is 1. The minimum absolute atomic E-state index is 0.386. The van der Waals surface area contributed by atoms with Crippen molar-refractivity contribution in [1.82, 2.24) is 10.2 Å². The average Bonchev–Trinajstić information content (AvgIpc) is 2.98. The summed E-state index contributed by atoms with van der Waals surface area (Å²) in [6.07, 6.45) is 2.12. The van der Waals surface area contributed by atoms with Crippen molar-refractivity contribution in [2.45, 2.75) is 25.8 Å². The first-order valence-corrected chi connectivity index (χ1v) is 8.69. The van der Waals surface area contributed by atoms with Crippen molar-refractivity contribution in [3.63, 3.8) is 0 Å². The molecule has 2 heterocycles. The Balaban J connectivity index is 1.54. The van der Waals surface area contributed by atoms with Crippen LogP contribution in [-0.2, 0) is 12.8 Å². The van der Waals surface area contributed by atoms with Gasteiger partial charge in [0.25, 0.3) is 0 Å². The lowest BCUT2D eigenvalue weighted by molar-refractivity contribution is 0.317. The predicted octanol–water partition coefficient (Wildman–Crippen LogP) is 3.78. The van der Waals surface area contributed by atoms with Gasteiger partial charge in [0, 0.05) is 18.0 Å². The molecule has 1 aromatic heterocycles. The average molecular weight is 316 g/mol. The van der Waals surface area contributed by atoms with Crippen LogP contribution in [0.15, 0.2) is 41.8 Å². The van der Waals surface area contributed by atoms with E-state index in [-0.39, 0.29) is 0 Å². The van der Waals surface area contributed by atoms with E-state index >= 15 is 0 Å². The Morgan fingerprint density at radius 1 is 1.33 bits per heavy atom. The lowest BCUT2D eigenvalue weighted by Crippen LogP contribution is -2.44. The van der Waals surface area contributed by atoms with Crippen LogP contribution in [0.3, 0.4) is 0 Å². The molecule has 0 saturated carbocycles. The normalized spacial score (nSPS) is 17.4. The molecular weight excluding hydrogens is 296 g/mol. The largest absolute Gasteiger partial charge is 0.362 e. The predicted molar refractivity (Wildman–Crippen MR) is 93.9 cm³/mol. The van der Waals surface area contributed by atoms with Crippen LogP contribution in [-0.4, -0.2) is 23.1 Å². The molecule has 1 atom stereocenters. The second kappa shape index (κ2) is 6.58. The van der Waals surface area contributed by atoms with Gasteiger partial charge in [0.1, 0.15) is 0 Å². The molecule has 0 spiro atoms. The summed E-state index contributed by atoms with van der Waals surface area (Å²) in [6, 6.07) is 13.2. The van der Waals surface area contributed by atoms with Crippen molar-refractivity contribution in [3.8, 4) is 0 Å². The highest BCUT2D eigenvalue weighted by atomic mass is 32.1. The number of thiophene rings is 1. The number of hydrogen-bond acceptors (Lipinski definition) is 2. The Morgan fingerprint density at radius 3 is 2.95 bits per heavy atom. The van der Waals surface area contributed by atoms with Crippen molar-refractivity contribution < 1.29 is 0 Å². The lowest BCUT2D eigenvalue weighted by atomic mass is 10.0. The minimum Gasteiger partial charge on any atom is -0.362 e. The zero-order chi connectivity index (χ0) is 14.7. The Labute approximate surface area is 135 Å². The van der Waals surface area contributed by atoms with Crippen LogP contribution in [0.2, 0.25) is 0 Å². The van der Waals surface area contributed by atoms with Gasteiger partial charge < -0.3 is 10.2 Å². The number of benzene rings is 1. The molecule has 0 amide bonds. The maximum atomic E-state index is 5.59. The van der Waals surface area contributed by atoms with Gasteiger partial charge in [0.2, 0.25) is 0 Å². The van der Waals surface area contributed by atoms with Crippen LogP contribution in [0.25, 0.3) is 0 Å². The Bertz CT molecular complexity index is 606. The summed E-state index contributed by atoms with van der Waals surface area (Å²) in [7, 11) is 0. The Morgan fingerprint density at radius 2 is 2.14 bits per heavy atom. The third kappa shape index (κ3) is 3.27. The van der Waals surface area contributed by atoms with E-state index < -0.39 is 0 Å². The van der Waals surface area contributed by atoms with Crippen LogP contribution >= 0.6 is 23.6 Å². The molecule has 110 valence electrons.